The number of carbonyl (C=O) groups is 2. The zero-order valence-electron chi connectivity index (χ0n) is 18.5. The first-order valence-corrected chi connectivity index (χ1v) is 10.3. The zero-order chi connectivity index (χ0) is 22.1. The number of nitrogens with one attached hydrogen (secondary N) is 2. The lowest BCUT2D eigenvalue weighted by atomic mass is 9.95. The van der Waals surface area contributed by atoms with Crippen LogP contribution in [0.5, 0.6) is 11.5 Å². The van der Waals surface area contributed by atoms with E-state index in [1.165, 1.54) is 0 Å². The van der Waals surface area contributed by atoms with E-state index in [1.807, 2.05) is 52.8 Å². The molecule has 0 aliphatic rings. The van der Waals surface area contributed by atoms with Crippen molar-refractivity contribution in [3.63, 3.8) is 0 Å². The molecule has 0 aliphatic carbocycles. The molecule has 0 unspecified atom stereocenters. The van der Waals surface area contributed by atoms with Gasteiger partial charge in [0.1, 0.15) is 0 Å². The molecule has 2 rings (SSSR count). The van der Waals surface area contributed by atoms with Crippen molar-refractivity contribution in [2.45, 2.75) is 41.0 Å². The second kappa shape index (κ2) is 10.7. The van der Waals surface area contributed by atoms with E-state index in [2.05, 4.69) is 10.6 Å². The first-order chi connectivity index (χ1) is 14.2. The number of amides is 2. The van der Waals surface area contributed by atoms with E-state index in [4.69, 9.17) is 9.47 Å². The van der Waals surface area contributed by atoms with Gasteiger partial charge in [0.05, 0.1) is 13.2 Å². The average Bonchev–Trinajstić information content (AvgIpc) is 2.69. The number of carbonyl (C=O) groups excluding carboxylic acids is 2. The Hall–Kier alpha value is -3.02. The van der Waals surface area contributed by atoms with Crippen molar-refractivity contribution in [3.8, 4) is 11.5 Å². The predicted molar refractivity (Wildman–Crippen MR) is 119 cm³/mol. The van der Waals surface area contributed by atoms with Gasteiger partial charge in [0.25, 0.3) is 5.91 Å². The van der Waals surface area contributed by atoms with Crippen molar-refractivity contribution in [1.29, 1.82) is 0 Å². The van der Waals surface area contributed by atoms with Gasteiger partial charge in [-0.1, -0.05) is 32.9 Å². The average molecular weight is 413 g/mol. The van der Waals surface area contributed by atoms with Crippen molar-refractivity contribution in [3.05, 3.63) is 53.6 Å². The summed E-state index contributed by atoms with van der Waals surface area (Å²) in [4.78, 5) is 24.7. The van der Waals surface area contributed by atoms with Crippen LogP contribution in [-0.2, 0) is 11.2 Å². The molecule has 0 heterocycles. The molecular weight excluding hydrogens is 380 g/mol. The molecule has 162 valence electrons. The van der Waals surface area contributed by atoms with Gasteiger partial charge in [-0.2, -0.15) is 0 Å². The highest BCUT2D eigenvalue weighted by Crippen LogP contribution is 2.28. The smallest absolute Gasteiger partial charge is 0.251 e. The van der Waals surface area contributed by atoms with Crippen molar-refractivity contribution in [2.24, 2.45) is 5.41 Å². The van der Waals surface area contributed by atoms with Gasteiger partial charge >= 0.3 is 0 Å². The summed E-state index contributed by atoms with van der Waals surface area (Å²) < 4.78 is 11.2. The summed E-state index contributed by atoms with van der Waals surface area (Å²) in [6, 6.07) is 12.8. The molecule has 2 aromatic carbocycles. The summed E-state index contributed by atoms with van der Waals surface area (Å²) >= 11 is 0. The molecule has 0 radical (unpaired) electrons. The fourth-order valence-corrected chi connectivity index (χ4v) is 2.73. The minimum absolute atomic E-state index is 0.0966. The molecule has 6 heteroatoms. The number of hydrogen-bond acceptors (Lipinski definition) is 4. The number of anilines is 1. The lowest BCUT2D eigenvalue weighted by Crippen LogP contribution is -2.28. The van der Waals surface area contributed by atoms with Crippen LogP contribution in [0.2, 0.25) is 0 Å². The quantitative estimate of drug-likeness (QED) is 0.638. The van der Waals surface area contributed by atoms with Crippen LogP contribution in [0.1, 0.15) is 50.5 Å². The van der Waals surface area contributed by atoms with Gasteiger partial charge in [0, 0.05) is 23.2 Å². The molecule has 0 atom stereocenters. The summed E-state index contributed by atoms with van der Waals surface area (Å²) in [7, 11) is 0. The summed E-state index contributed by atoms with van der Waals surface area (Å²) in [5, 5.41) is 5.77. The van der Waals surface area contributed by atoms with Crippen LogP contribution in [0.25, 0.3) is 0 Å². The Morgan fingerprint density at radius 2 is 1.63 bits per heavy atom. The van der Waals surface area contributed by atoms with Crippen LogP contribution in [-0.4, -0.2) is 31.6 Å². The highest BCUT2D eigenvalue weighted by Gasteiger charge is 2.21. The van der Waals surface area contributed by atoms with Crippen molar-refractivity contribution >= 4 is 17.5 Å². The van der Waals surface area contributed by atoms with E-state index in [0.29, 0.717) is 43.2 Å². The van der Waals surface area contributed by atoms with Gasteiger partial charge in [0.15, 0.2) is 11.5 Å². The van der Waals surface area contributed by atoms with Gasteiger partial charge in [-0.15, -0.1) is 0 Å². The maximum atomic E-state index is 12.5. The zero-order valence-corrected chi connectivity index (χ0v) is 18.5. The van der Waals surface area contributed by atoms with E-state index in [9.17, 15) is 9.59 Å². The van der Waals surface area contributed by atoms with E-state index < -0.39 is 5.41 Å². The highest BCUT2D eigenvalue weighted by atomic mass is 16.5. The molecule has 0 bridgehead atoms. The van der Waals surface area contributed by atoms with Gasteiger partial charge in [0.2, 0.25) is 5.91 Å². The number of ether oxygens (including phenoxy) is 2. The van der Waals surface area contributed by atoms with E-state index >= 15 is 0 Å². The molecule has 0 saturated heterocycles. The van der Waals surface area contributed by atoms with Gasteiger partial charge < -0.3 is 20.1 Å². The summed E-state index contributed by atoms with van der Waals surface area (Å²) in [5.74, 6) is 1.16. The lowest BCUT2D eigenvalue weighted by Gasteiger charge is -2.18. The lowest BCUT2D eigenvalue weighted by molar-refractivity contribution is -0.123. The maximum absolute atomic E-state index is 12.5. The normalized spacial score (nSPS) is 11.0. The molecular formula is C24H32N2O4. The van der Waals surface area contributed by atoms with Gasteiger partial charge in [-0.05, 0) is 56.2 Å². The van der Waals surface area contributed by atoms with Crippen LogP contribution >= 0.6 is 0 Å². The van der Waals surface area contributed by atoms with Crippen LogP contribution in [0.15, 0.2) is 42.5 Å². The largest absolute Gasteiger partial charge is 0.490 e. The standard InChI is InChI=1S/C24H32N2O4/c1-6-29-20-12-11-17(15-21(20)30-7-2)13-14-25-22(27)18-9-8-10-19(16-18)26-23(28)24(3,4)5/h8-12,15-16H,6-7,13-14H2,1-5H3,(H,25,27)(H,26,28). The number of rotatable bonds is 9. The minimum atomic E-state index is -0.504. The summed E-state index contributed by atoms with van der Waals surface area (Å²) in [5.41, 5.74) is 1.66. The Labute approximate surface area is 179 Å². The molecule has 0 saturated carbocycles. The summed E-state index contributed by atoms with van der Waals surface area (Å²) in [6.07, 6.45) is 0.665. The Morgan fingerprint density at radius 3 is 2.30 bits per heavy atom. The third-order valence-electron chi connectivity index (χ3n) is 4.37. The van der Waals surface area contributed by atoms with Crippen LogP contribution in [0, 0.1) is 5.41 Å². The predicted octanol–water partition coefficient (Wildman–Crippen LogP) is 4.44. The monoisotopic (exact) mass is 412 g/mol. The SMILES string of the molecule is CCOc1ccc(CCNC(=O)c2cccc(NC(=O)C(C)(C)C)c2)cc1OCC. The topological polar surface area (TPSA) is 76.7 Å². The molecule has 0 aliphatic heterocycles. The molecule has 2 N–H and O–H groups in total. The van der Waals surface area contributed by atoms with Crippen molar-refractivity contribution in [2.75, 3.05) is 25.1 Å². The first kappa shape index (κ1) is 23.3. The van der Waals surface area contributed by atoms with Crippen LogP contribution in [0.4, 0.5) is 5.69 Å². The van der Waals surface area contributed by atoms with Crippen molar-refractivity contribution in [1.82, 2.24) is 5.32 Å². The number of hydrogen-bond donors (Lipinski definition) is 2. The van der Waals surface area contributed by atoms with E-state index in [-0.39, 0.29) is 11.8 Å². The van der Waals surface area contributed by atoms with Crippen LogP contribution in [0.3, 0.4) is 0 Å². The molecule has 6 nitrogen and oxygen atoms in total. The third-order valence-corrected chi connectivity index (χ3v) is 4.37. The van der Waals surface area contributed by atoms with E-state index in [0.717, 1.165) is 11.3 Å². The Balaban J connectivity index is 1.95. The fraction of sp³-hybridized carbons (Fsp3) is 0.417. The van der Waals surface area contributed by atoms with E-state index in [1.54, 1.807) is 24.3 Å². The molecule has 2 amide bonds. The molecule has 0 spiro atoms. The Morgan fingerprint density at radius 1 is 0.933 bits per heavy atom. The third kappa shape index (κ3) is 6.79. The molecule has 30 heavy (non-hydrogen) atoms. The Kier molecular flexibility index (Phi) is 8.27. The van der Waals surface area contributed by atoms with Crippen LogP contribution < -0.4 is 20.1 Å². The molecule has 2 aromatic rings. The fourth-order valence-electron chi connectivity index (χ4n) is 2.73. The Bertz CT molecular complexity index is 872. The van der Waals surface area contributed by atoms with Gasteiger partial charge in [-0.3, -0.25) is 9.59 Å². The maximum Gasteiger partial charge on any atom is 0.251 e. The summed E-state index contributed by atoms with van der Waals surface area (Å²) in [6.45, 7) is 11.0. The molecule has 0 fully saturated rings. The second-order valence-electron chi connectivity index (χ2n) is 7.94. The second-order valence-corrected chi connectivity index (χ2v) is 7.94. The van der Waals surface area contributed by atoms with Crippen molar-refractivity contribution < 1.29 is 19.1 Å². The highest BCUT2D eigenvalue weighted by molar-refractivity contribution is 5.98. The number of benzene rings is 2. The van der Waals surface area contributed by atoms with Gasteiger partial charge in [-0.25, -0.2) is 0 Å². The minimum Gasteiger partial charge on any atom is -0.490 e. The first-order valence-electron chi connectivity index (χ1n) is 10.3. The molecule has 0 aromatic heterocycles.